The molecule has 0 saturated carbocycles. The molecular weight excluding hydrogens is 284 g/mol. The van der Waals surface area contributed by atoms with Crippen molar-refractivity contribution in [1.29, 1.82) is 0 Å². The number of aromatic amines is 1. The first kappa shape index (κ1) is 14.0. The average molecular weight is 298 g/mol. The molecule has 22 heavy (non-hydrogen) atoms. The number of nitro benzene ring substituents is 1. The molecule has 0 radical (unpaired) electrons. The Morgan fingerprint density at radius 1 is 1.27 bits per heavy atom. The average Bonchev–Trinajstić information content (AvgIpc) is 2.90. The van der Waals surface area contributed by atoms with Crippen molar-refractivity contribution in [2.45, 2.75) is 20.0 Å². The molecule has 0 fully saturated rings. The Balaban J connectivity index is 2.02. The van der Waals surface area contributed by atoms with Crippen LogP contribution in [0.1, 0.15) is 13.8 Å². The summed E-state index contributed by atoms with van der Waals surface area (Å²) in [6.07, 6.45) is 1.69. The lowest BCUT2D eigenvalue weighted by molar-refractivity contribution is -0.384. The van der Waals surface area contributed by atoms with Gasteiger partial charge in [0.25, 0.3) is 5.69 Å². The van der Waals surface area contributed by atoms with Crippen LogP contribution >= 0.6 is 0 Å². The second kappa shape index (κ2) is 5.44. The number of nitrogens with one attached hydrogen (secondary N) is 1. The van der Waals surface area contributed by atoms with Crippen molar-refractivity contribution in [2.24, 2.45) is 0 Å². The first-order chi connectivity index (χ1) is 10.5. The van der Waals surface area contributed by atoms with E-state index in [9.17, 15) is 10.1 Å². The third-order valence-corrected chi connectivity index (χ3v) is 3.12. The van der Waals surface area contributed by atoms with Crippen LogP contribution in [0.15, 0.2) is 36.5 Å². The van der Waals surface area contributed by atoms with Crippen molar-refractivity contribution in [1.82, 2.24) is 15.2 Å². The Labute approximate surface area is 126 Å². The molecule has 7 heteroatoms. The van der Waals surface area contributed by atoms with Crippen LogP contribution in [0.25, 0.3) is 22.2 Å². The largest absolute Gasteiger partial charge is 0.475 e. The summed E-state index contributed by atoms with van der Waals surface area (Å²) in [7, 11) is 0. The van der Waals surface area contributed by atoms with Gasteiger partial charge in [-0.1, -0.05) is 0 Å². The van der Waals surface area contributed by atoms with Crippen molar-refractivity contribution in [2.75, 3.05) is 0 Å². The number of ether oxygens (including phenoxy) is 1. The molecule has 2 heterocycles. The molecule has 0 unspecified atom stereocenters. The van der Waals surface area contributed by atoms with E-state index < -0.39 is 4.92 Å². The number of hydrogen-bond acceptors (Lipinski definition) is 5. The van der Waals surface area contributed by atoms with E-state index in [4.69, 9.17) is 4.74 Å². The van der Waals surface area contributed by atoms with Crippen LogP contribution in [0.5, 0.6) is 5.88 Å². The maximum Gasteiger partial charge on any atom is 0.270 e. The third kappa shape index (κ3) is 2.60. The van der Waals surface area contributed by atoms with Crippen molar-refractivity contribution in [3.63, 3.8) is 0 Å². The van der Waals surface area contributed by atoms with E-state index in [1.807, 2.05) is 19.9 Å². The normalized spacial score (nSPS) is 11.0. The van der Waals surface area contributed by atoms with Crippen molar-refractivity contribution >= 4 is 16.6 Å². The molecule has 0 amide bonds. The molecule has 0 aliphatic carbocycles. The van der Waals surface area contributed by atoms with Gasteiger partial charge in [0.05, 0.1) is 16.5 Å². The molecule has 0 bridgehead atoms. The first-order valence-corrected chi connectivity index (χ1v) is 6.80. The van der Waals surface area contributed by atoms with Gasteiger partial charge in [0.2, 0.25) is 5.88 Å². The van der Waals surface area contributed by atoms with Crippen molar-refractivity contribution in [3.8, 4) is 17.1 Å². The highest BCUT2D eigenvalue weighted by molar-refractivity contribution is 5.94. The summed E-state index contributed by atoms with van der Waals surface area (Å²) < 4.78 is 5.50. The Kier molecular flexibility index (Phi) is 3.46. The number of aromatic nitrogens is 3. The van der Waals surface area contributed by atoms with Crippen LogP contribution in [-0.4, -0.2) is 26.2 Å². The monoisotopic (exact) mass is 298 g/mol. The number of hydrogen-bond donors (Lipinski definition) is 1. The zero-order chi connectivity index (χ0) is 15.7. The van der Waals surface area contributed by atoms with Gasteiger partial charge in [-0.05, 0) is 26.0 Å². The van der Waals surface area contributed by atoms with Gasteiger partial charge >= 0.3 is 0 Å². The smallest absolute Gasteiger partial charge is 0.270 e. The zero-order valence-electron chi connectivity index (χ0n) is 12.1. The second-order valence-electron chi connectivity index (χ2n) is 5.11. The summed E-state index contributed by atoms with van der Waals surface area (Å²) in [5, 5.41) is 18.7. The first-order valence-electron chi connectivity index (χ1n) is 6.80. The number of fused-ring (bicyclic) bond motifs is 1. The SMILES string of the molecule is CC(C)Oc1ccc(-c2n[nH]c3ccc([N+](=O)[O-])cc23)cn1. The van der Waals surface area contributed by atoms with E-state index >= 15 is 0 Å². The quantitative estimate of drug-likeness (QED) is 0.589. The van der Waals surface area contributed by atoms with Crippen LogP contribution < -0.4 is 4.74 Å². The van der Waals surface area contributed by atoms with Crippen LogP contribution in [0.3, 0.4) is 0 Å². The van der Waals surface area contributed by atoms with E-state index in [0.29, 0.717) is 17.0 Å². The minimum absolute atomic E-state index is 0.0304. The van der Waals surface area contributed by atoms with Gasteiger partial charge in [-0.2, -0.15) is 5.10 Å². The van der Waals surface area contributed by atoms with Crippen molar-refractivity contribution < 1.29 is 9.66 Å². The van der Waals surface area contributed by atoms with Gasteiger partial charge < -0.3 is 4.74 Å². The molecule has 0 spiro atoms. The lowest BCUT2D eigenvalue weighted by Crippen LogP contribution is -2.06. The van der Waals surface area contributed by atoms with Gasteiger partial charge in [0.1, 0.15) is 5.69 Å². The maximum absolute atomic E-state index is 10.9. The van der Waals surface area contributed by atoms with Gasteiger partial charge in [-0.15, -0.1) is 0 Å². The minimum atomic E-state index is -0.423. The minimum Gasteiger partial charge on any atom is -0.475 e. The van der Waals surface area contributed by atoms with Crippen LogP contribution in [-0.2, 0) is 0 Å². The highest BCUT2D eigenvalue weighted by atomic mass is 16.6. The second-order valence-corrected chi connectivity index (χ2v) is 5.11. The third-order valence-electron chi connectivity index (χ3n) is 3.12. The number of rotatable bonds is 4. The van der Waals surface area contributed by atoms with Gasteiger partial charge in [0.15, 0.2) is 0 Å². The molecule has 0 aliphatic heterocycles. The predicted molar refractivity (Wildman–Crippen MR) is 81.7 cm³/mol. The standard InChI is InChI=1S/C15H14N4O3/c1-9(2)22-14-6-3-10(8-16-14)15-12-7-11(19(20)21)4-5-13(12)17-18-15/h3-9H,1-2H3,(H,17,18). The molecule has 3 rings (SSSR count). The molecule has 1 N–H and O–H groups in total. The van der Waals surface area contributed by atoms with E-state index in [1.54, 1.807) is 18.3 Å². The van der Waals surface area contributed by atoms with E-state index in [2.05, 4.69) is 15.2 Å². The van der Waals surface area contributed by atoms with Crippen LogP contribution in [0.4, 0.5) is 5.69 Å². The molecule has 0 saturated heterocycles. The topological polar surface area (TPSA) is 93.9 Å². The predicted octanol–water partition coefficient (Wildman–Crippen LogP) is 3.32. The number of nitro groups is 1. The highest BCUT2D eigenvalue weighted by Gasteiger charge is 2.13. The molecule has 112 valence electrons. The fraction of sp³-hybridized carbons (Fsp3) is 0.200. The Hall–Kier alpha value is -2.96. The Morgan fingerprint density at radius 3 is 2.73 bits per heavy atom. The zero-order valence-corrected chi connectivity index (χ0v) is 12.1. The molecule has 0 aliphatic rings. The number of benzene rings is 1. The van der Waals surface area contributed by atoms with E-state index in [0.717, 1.165) is 11.1 Å². The van der Waals surface area contributed by atoms with Gasteiger partial charge in [-0.3, -0.25) is 15.2 Å². The van der Waals surface area contributed by atoms with E-state index in [1.165, 1.54) is 12.1 Å². The summed E-state index contributed by atoms with van der Waals surface area (Å²) in [4.78, 5) is 14.7. The summed E-state index contributed by atoms with van der Waals surface area (Å²) in [6, 6.07) is 8.19. The fourth-order valence-corrected chi connectivity index (χ4v) is 2.17. The Morgan fingerprint density at radius 2 is 2.09 bits per heavy atom. The molecule has 3 aromatic rings. The lowest BCUT2D eigenvalue weighted by Gasteiger charge is -2.08. The highest BCUT2D eigenvalue weighted by Crippen LogP contribution is 2.29. The molecule has 7 nitrogen and oxygen atoms in total. The fourth-order valence-electron chi connectivity index (χ4n) is 2.17. The number of nitrogens with zero attached hydrogens (tertiary/aromatic N) is 3. The summed E-state index contributed by atoms with van der Waals surface area (Å²) in [6.45, 7) is 3.85. The van der Waals surface area contributed by atoms with Gasteiger partial charge in [-0.25, -0.2) is 4.98 Å². The number of pyridine rings is 1. The Bertz CT molecular complexity index is 824. The summed E-state index contributed by atoms with van der Waals surface area (Å²) >= 11 is 0. The summed E-state index contributed by atoms with van der Waals surface area (Å²) in [5.74, 6) is 0.532. The maximum atomic E-state index is 10.9. The number of H-pyrrole nitrogens is 1. The lowest BCUT2D eigenvalue weighted by atomic mass is 10.1. The molecule has 1 aromatic carbocycles. The van der Waals surface area contributed by atoms with Gasteiger partial charge in [0, 0.05) is 35.3 Å². The van der Waals surface area contributed by atoms with Crippen molar-refractivity contribution in [3.05, 3.63) is 46.6 Å². The number of non-ortho nitro benzene ring substituents is 1. The van der Waals surface area contributed by atoms with Crippen LogP contribution in [0, 0.1) is 10.1 Å². The summed E-state index contributed by atoms with van der Waals surface area (Å²) in [5.41, 5.74) is 2.16. The molecule has 0 atom stereocenters. The molecule has 2 aromatic heterocycles. The molecular formula is C15H14N4O3. The van der Waals surface area contributed by atoms with E-state index in [-0.39, 0.29) is 11.8 Å². The van der Waals surface area contributed by atoms with Crippen LogP contribution in [0.2, 0.25) is 0 Å².